The number of amides is 1. The maximum atomic E-state index is 12.2. The minimum atomic E-state index is -4.46. The summed E-state index contributed by atoms with van der Waals surface area (Å²) >= 11 is 0.955. The van der Waals surface area contributed by atoms with E-state index < -0.39 is 24.6 Å². The Kier molecular flexibility index (Phi) is 4.93. The van der Waals surface area contributed by atoms with E-state index in [-0.39, 0.29) is 4.88 Å². The number of aliphatic carboxylic acids is 1. The van der Waals surface area contributed by atoms with Crippen LogP contribution in [-0.4, -0.2) is 41.7 Å². The van der Waals surface area contributed by atoms with Crippen molar-refractivity contribution in [2.24, 2.45) is 0 Å². The first-order chi connectivity index (χ1) is 9.10. The van der Waals surface area contributed by atoms with Crippen LogP contribution in [0, 0.1) is 6.92 Å². The van der Waals surface area contributed by atoms with Gasteiger partial charge in [0.2, 0.25) is 0 Å². The van der Waals surface area contributed by atoms with Gasteiger partial charge >= 0.3 is 12.1 Å². The average molecular weight is 307 g/mol. The molecule has 0 aliphatic rings. The highest BCUT2D eigenvalue weighted by Crippen LogP contribution is 2.25. The number of halogens is 3. The van der Waals surface area contributed by atoms with Gasteiger partial charge in [-0.05, 0) is 24.6 Å². The molecule has 8 heteroatoms. The second-order valence-corrected chi connectivity index (χ2v) is 5.19. The normalized spacial score (nSPS) is 11.8. The van der Waals surface area contributed by atoms with Gasteiger partial charge in [-0.2, -0.15) is 13.2 Å². The molecule has 1 amide bonds. The fourth-order valence-corrected chi connectivity index (χ4v) is 2.51. The van der Waals surface area contributed by atoms with Crippen molar-refractivity contribution in [1.29, 1.82) is 0 Å². The zero-order valence-electron chi connectivity index (χ0n) is 10.7. The van der Waals surface area contributed by atoms with Crippen LogP contribution in [0.1, 0.15) is 20.1 Å². The van der Waals surface area contributed by atoms with Crippen molar-refractivity contribution >= 4 is 29.3 Å². The SMILES string of the molecule is Cc1cc(C(=O)N(C)CC(F)(F)F)sc1/C=C/C(=O)O. The maximum absolute atomic E-state index is 12.2. The molecule has 0 spiro atoms. The van der Waals surface area contributed by atoms with Crippen molar-refractivity contribution in [1.82, 2.24) is 4.90 Å². The van der Waals surface area contributed by atoms with Gasteiger partial charge in [-0.3, -0.25) is 4.79 Å². The molecular formula is C12H12F3NO3S. The number of rotatable bonds is 4. The number of carboxylic acid groups (broad SMARTS) is 1. The summed E-state index contributed by atoms with van der Waals surface area (Å²) in [5.74, 6) is -1.88. The largest absolute Gasteiger partial charge is 0.478 e. The summed E-state index contributed by atoms with van der Waals surface area (Å²) in [5.41, 5.74) is 0.635. The van der Waals surface area contributed by atoms with Crippen LogP contribution in [0.4, 0.5) is 13.2 Å². The van der Waals surface area contributed by atoms with Crippen LogP contribution >= 0.6 is 11.3 Å². The average Bonchev–Trinajstić information content (AvgIpc) is 2.64. The van der Waals surface area contributed by atoms with E-state index in [1.54, 1.807) is 6.92 Å². The maximum Gasteiger partial charge on any atom is 0.406 e. The fraction of sp³-hybridized carbons (Fsp3) is 0.333. The molecular weight excluding hydrogens is 295 g/mol. The van der Waals surface area contributed by atoms with Crippen LogP contribution in [0.3, 0.4) is 0 Å². The third-order valence-electron chi connectivity index (χ3n) is 2.31. The molecule has 0 aliphatic carbocycles. The van der Waals surface area contributed by atoms with Crippen LogP contribution < -0.4 is 0 Å². The van der Waals surface area contributed by atoms with E-state index in [2.05, 4.69) is 0 Å². The van der Waals surface area contributed by atoms with E-state index in [1.807, 2.05) is 0 Å². The molecule has 0 aromatic carbocycles. The van der Waals surface area contributed by atoms with Crippen molar-refractivity contribution in [3.05, 3.63) is 27.5 Å². The summed E-state index contributed by atoms with van der Waals surface area (Å²) in [6.45, 7) is 0.321. The van der Waals surface area contributed by atoms with Crippen LogP contribution in [0.2, 0.25) is 0 Å². The number of nitrogens with zero attached hydrogens (tertiary/aromatic N) is 1. The highest BCUT2D eigenvalue weighted by atomic mass is 32.1. The molecule has 0 saturated carbocycles. The van der Waals surface area contributed by atoms with Crippen LogP contribution in [-0.2, 0) is 4.79 Å². The van der Waals surface area contributed by atoms with Gasteiger partial charge in [-0.25, -0.2) is 4.79 Å². The summed E-state index contributed by atoms with van der Waals surface area (Å²) in [6, 6.07) is 1.45. The molecule has 1 N–H and O–H groups in total. The van der Waals surface area contributed by atoms with Gasteiger partial charge in [0, 0.05) is 18.0 Å². The van der Waals surface area contributed by atoms with Gasteiger partial charge in [0.1, 0.15) is 6.54 Å². The molecule has 110 valence electrons. The minimum Gasteiger partial charge on any atom is -0.478 e. The van der Waals surface area contributed by atoms with Crippen molar-refractivity contribution < 1.29 is 27.9 Å². The Morgan fingerprint density at radius 1 is 1.45 bits per heavy atom. The first-order valence-corrected chi connectivity index (χ1v) is 6.25. The molecule has 0 fully saturated rings. The Morgan fingerprint density at radius 2 is 2.05 bits per heavy atom. The second-order valence-electron chi connectivity index (χ2n) is 4.11. The van der Waals surface area contributed by atoms with Crippen LogP contribution in [0.5, 0.6) is 0 Å². The Bertz CT molecular complexity index is 549. The van der Waals surface area contributed by atoms with E-state index in [0.29, 0.717) is 15.3 Å². The number of aryl methyl sites for hydroxylation is 1. The molecule has 1 aromatic heterocycles. The zero-order chi connectivity index (χ0) is 15.5. The summed E-state index contributed by atoms with van der Waals surface area (Å²) in [6.07, 6.45) is -2.24. The van der Waals surface area contributed by atoms with Gasteiger partial charge in [0.25, 0.3) is 5.91 Å². The van der Waals surface area contributed by atoms with Crippen molar-refractivity contribution in [2.75, 3.05) is 13.6 Å². The summed E-state index contributed by atoms with van der Waals surface area (Å²) in [5, 5.41) is 8.52. The minimum absolute atomic E-state index is 0.138. The van der Waals surface area contributed by atoms with Gasteiger partial charge < -0.3 is 10.0 Å². The Labute approximate surface area is 117 Å². The molecule has 4 nitrogen and oxygen atoms in total. The molecule has 0 atom stereocenters. The highest BCUT2D eigenvalue weighted by molar-refractivity contribution is 7.15. The predicted octanol–water partition coefficient (Wildman–Crippen LogP) is 2.79. The molecule has 0 unspecified atom stereocenters. The summed E-state index contributed by atoms with van der Waals surface area (Å²) < 4.78 is 36.6. The number of carbonyl (C=O) groups is 2. The molecule has 0 radical (unpaired) electrons. The molecule has 1 heterocycles. The van der Waals surface area contributed by atoms with E-state index in [1.165, 1.54) is 12.1 Å². The van der Waals surface area contributed by atoms with E-state index in [9.17, 15) is 22.8 Å². The van der Waals surface area contributed by atoms with Crippen molar-refractivity contribution in [3.8, 4) is 0 Å². The zero-order valence-corrected chi connectivity index (χ0v) is 11.5. The molecule has 0 bridgehead atoms. The molecule has 1 rings (SSSR count). The summed E-state index contributed by atoms with van der Waals surface area (Å²) in [7, 11) is 1.07. The number of hydrogen-bond acceptors (Lipinski definition) is 3. The van der Waals surface area contributed by atoms with E-state index in [0.717, 1.165) is 24.5 Å². The number of carboxylic acids is 1. The van der Waals surface area contributed by atoms with Gasteiger partial charge in [-0.1, -0.05) is 0 Å². The first-order valence-electron chi connectivity index (χ1n) is 5.44. The fourth-order valence-electron chi connectivity index (χ4n) is 1.44. The number of carbonyl (C=O) groups excluding carboxylic acids is 1. The lowest BCUT2D eigenvalue weighted by Gasteiger charge is -2.17. The second kappa shape index (κ2) is 6.08. The Hall–Kier alpha value is -1.83. The highest BCUT2D eigenvalue weighted by Gasteiger charge is 2.32. The Balaban J connectivity index is 2.90. The van der Waals surface area contributed by atoms with Crippen molar-refractivity contribution in [2.45, 2.75) is 13.1 Å². The third-order valence-corrected chi connectivity index (χ3v) is 3.50. The van der Waals surface area contributed by atoms with Crippen LogP contribution in [0.15, 0.2) is 12.1 Å². The topological polar surface area (TPSA) is 57.6 Å². The monoisotopic (exact) mass is 307 g/mol. The van der Waals surface area contributed by atoms with E-state index in [4.69, 9.17) is 5.11 Å². The quantitative estimate of drug-likeness (QED) is 0.870. The molecule has 0 saturated heterocycles. The predicted molar refractivity (Wildman–Crippen MR) is 68.7 cm³/mol. The van der Waals surface area contributed by atoms with Crippen molar-refractivity contribution in [3.63, 3.8) is 0 Å². The van der Waals surface area contributed by atoms with Gasteiger partial charge in [0.05, 0.1) is 4.88 Å². The first kappa shape index (κ1) is 16.2. The van der Waals surface area contributed by atoms with Gasteiger partial charge in [0.15, 0.2) is 0 Å². The lowest BCUT2D eigenvalue weighted by molar-refractivity contribution is -0.138. The number of thiophene rings is 1. The lowest BCUT2D eigenvalue weighted by atomic mass is 10.2. The summed E-state index contributed by atoms with van der Waals surface area (Å²) in [4.78, 5) is 23.5. The Morgan fingerprint density at radius 3 is 2.55 bits per heavy atom. The molecule has 1 aromatic rings. The standard InChI is InChI=1S/C12H12F3NO3S/c1-7-5-9(20-8(7)3-4-10(17)18)11(19)16(2)6-12(13,14)15/h3-5H,6H2,1-2H3,(H,17,18)/b4-3+. The van der Waals surface area contributed by atoms with E-state index >= 15 is 0 Å². The number of hydrogen-bond donors (Lipinski definition) is 1. The number of alkyl halides is 3. The lowest BCUT2D eigenvalue weighted by Crippen LogP contribution is -2.35. The smallest absolute Gasteiger partial charge is 0.406 e. The van der Waals surface area contributed by atoms with Crippen LogP contribution in [0.25, 0.3) is 6.08 Å². The molecule has 0 aliphatic heterocycles. The van der Waals surface area contributed by atoms with Gasteiger partial charge in [-0.15, -0.1) is 11.3 Å². The third kappa shape index (κ3) is 4.69. The molecule has 20 heavy (non-hydrogen) atoms.